The maximum absolute atomic E-state index is 12.3. The van der Waals surface area contributed by atoms with Crippen LogP contribution in [0.3, 0.4) is 0 Å². The Morgan fingerprint density at radius 2 is 1.42 bits per heavy atom. The van der Waals surface area contributed by atoms with Gasteiger partial charge in [0.1, 0.15) is 0 Å². The van der Waals surface area contributed by atoms with Gasteiger partial charge in [0.2, 0.25) is 0 Å². The second-order valence-corrected chi connectivity index (χ2v) is 14.3. The van der Waals surface area contributed by atoms with Gasteiger partial charge < -0.3 is 4.74 Å². The molecule has 0 N–H and O–H groups in total. The highest BCUT2D eigenvalue weighted by Gasteiger charge is 2.19. The average molecular weight is 442 g/mol. The summed E-state index contributed by atoms with van der Waals surface area (Å²) in [5, 5.41) is 1.28. The van der Waals surface area contributed by atoms with Crippen molar-refractivity contribution >= 4 is 35.2 Å². The van der Waals surface area contributed by atoms with E-state index in [2.05, 4.69) is 48.6 Å². The number of hydrogen-bond donors (Lipinski definition) is 0. The van der Waals surface area contributed by atoms with Crippen molar-refractivity contribution in [2.75, 3.05) is 6.61 Å². The molecule has 1 aromatic carbocycles. The maximum Gasteiger partial charge on any atom is 0.338 e. The molecule has 0 aromatic heterocycles. The van der Waals surface area contributed by atoms with Gasteiger partial charge >= 0.3 is 5.97 Å². The Morgan fingerprint density at radius 1 is 0.885 bits per heavy atom. The highest BCUT2D eigenvalue weighted by Crippen LogP contribution is 2.15. The number of ether oxygens (including phenoxy) is 1. The van der Waals surface area contributed by atoms with Crippen LogP contribution in [0.1, 0.15) is 81.5 Å². The Labute approximate surface area is 170 Å². The van der Waals surface area contributed by atoms with E-state index < -0.39 is 8.07 Å². The van der Waals surface area contributed by atoms with Gasteiger partial charge in [-0.15, -0.1) is 0 Å². The minimum Gasteiger partial charge on any atom is -0.462 e. The van der Waals surface area contributed by atoms with Crippen molar-refractivity contribution < 1.29 is 9.53 Å². The monoisotopic (exact) mass is 440 g/mol. The van der Waals surface area contributed by atoms with E-state index in [1.54, 1.807) is 0 Å². The molecule has 0 atom stereocenters. The molecular formula is C22H37BrO2Si. The summed E-state index contributed by atoms with van der Waals surface area (Å²) in [7, 11) is -1.45. The zero-order chi connectivity index (χ0) is 19.4. The molecular weight excluding hydrogens is 404 g/mol. The fourth-order valence-corrected chi connectivity index (χ4v) is 4.86. The van der Waals surface area contributed by atoms with Gasteiger partial charge in [0.05, 0.1) is 20.2 Å². The van der Waals surface area contributed by atoms with Crippen LogP contribution in [0.25, 0.3) is 0 Å². The standard InChI is InChI=1S/C22H37BrO2Si/c1-5-6-7-8-9-10-11-12-13-14-15-25-22(24)19-16-20(23)18-21(17-19)26(2,3)4/h16-18H,5-15H2,1-4H3. The molecule has 0 aliphatic carbocycles. The Morgan fingerprint density at radius 3 is 1.96 bits per heavy atom. The van der Waals surface area contributed by atoms with Gasteiger partial charge in [-0.2, -0.15) is 0 Å². The highest BCUT2D eigenvalue weighted by molar-refractivity contribution is 9.10. The smallest absolute Gasteiger partial charge is 0.338 e. The number of esters is 1. The van der Waals surface area contributed by atoms with Crippen molar-refractivity contribution in [3.63, 3.8) is 0 Å². The van der Waals surface area contributed by atoms with Gasteiger partial charge in [-0.05, 0) is 24.6 Å². The molecule has 2 nitrogen and oxygen atoms in total. The molecule has 0 fully saturated rings. The number of benzene rings is 1. The van der Waals surface area contributed by atoms with Crippen LogP contribution in [0.5, 0.6) is 0 Å². The van der Waals surface area contributed by atoms with Crippen molar-refractivity contribution in [2.24, 2.45) is 0 Å². The largest absolute Gasteiger partial charge is 0.462 e. The van der Waals surface area contributed by atoms with Crippen LogP contribution < -0.4 is 5.19 Å². The molecule has 1 aromatic rings. The highest BCUT2D eigenvalue weighted by atomic mass is 79.9. The molecule has 26 heavy (non-hydrogen) atoms. The van der Waals surface area contributed by atoms with Crippen LogP contribution in [-0.4, -0.2) is 20.7 Å². The van der Waals surface area contributed by atoms with Crippen molar-refractivity contribution in [2.45, 2.75) is 90.8 Å². The molecule has 0 radical (unpaired) electrons. The van der Waals surface area contributed by atoms with E-state index in [4.69, 9.17) is 4.74 Å². The average Bonchev–Trinajstić information content (AvgIpc) is 2.58. The van der Waals surface area contributed by atoms with Gasteiger partial charge in [-0.3, -0.25) is 0 Å². The molecule has 0 saturated carbocycles. The van der Waals surface area contributed by atoms with Crippen LogP contribution in [-0.2, 0) is 4.74 Å². The Hall–Kier alpha value is -0.613. The zero-order valence-corrected chi connectivity index (χ0v) is 19.8. The van der Waals surface area contributed by atoms with Gasteiger partial charge in [0.15, 0.2) is 0 Å². The first kappa shape index (κ1) is 23.4. The second-order valence-electron chi connectivity index (χ2n) is 8.30. The van der Waals surface area contributed by atoms with E-state index in [1.165, 1.54) is 56.6 Å². The van der Waals surface area contributed by atoms with Crippen LogP contribution in [0.15, 0.2) is 22.7 Å². The minimum atomic E-state index is -1.45. The first-order valence-corrected chi connectivity index (χ1v) is 14.6. The predicted octanol–water partition coefficient (Wildman–Crippen LogP) is 7.07. The number of unbranched alkanes of at least 4 members (excludes halogenated alkanes) is 9. The molecule has 0 amide bonds. The second kappa shape index (κ2) is 12.7. The summed E-state index contributed by atoms with van der Waals surface area (Å²) in [5.74, 6) is -0.193. The molecule has 0 unspecified atom stereocenters. The Kier molecular flexibility index (Phi) is 11.5. The molecule has 148 valence electrons. The van der Waals surface area contributed by atoms with Crippen molar-refractivity contribution in [3.8, 4) is 0 Å². The van der Waals surface area contributed by atoms with Crippen LogP contribution >= 0.6 is 15.9 Å². The van der Waals surface area contributed by atoms with Crippen molar-refractivity contribution in [1.82, 2.24) is 0 Å². The lowest BCUT2D eigenvalue weighted by molar-refractivity contribution is 0.0497. The van der Waals surface area contributed by atoms with Crippen molar-refractivity contribution in [3.05, 3.63) is 28.2 Å². The van der Waals surface area contributed by atoms with Gasteiger partial charge in [0, 0.05) is 4.47 Å². The van der Waals surface area contributed by atoms with Crippen LogP contribution in [0.2, 0.25) is 19.6 Å². The lowest BCUT2D eigenvalue weighted by Crippen LogP contribution is -2.38. The number of rotatable bonds is 13. The Balaban J connectivity index is 2.20. The third-order valence-electron chi connectivity index (χ3n) is 4.73. The van der Waals surface area contributed by atoms with E-state index in [1.807, 2.05) is 12.1 Å². The van der Waals surface area contributed by atoms with Crippen molar-refractivity contribution in [1.29, 1.82) is 0 Å². The third-order valence-corrected chi connectivity index (χ3v) is 7.21. The summed E-state index contributed by atoms with van der Waals surface area (Å²) >= 11 is 3.52. The molecule has 0 heterocycles. The summed E-state index contributed by atoms with van der Waals surface area (Å²) in [4.78, 5) is 12.3. The fraction of sp³-hybridized carbons (Fsp3) is 0.682. The molecule has 1 rings (SSSR count). The lowest BCUT2D eigenvalue weighted by atomic mass is 10.1. The molecule has 0 saturated heterocycles. The lowest BCUT2D eigenvalue weighted by Gasteiger charge is -2.18. The number of carbonyl (C=O) groups is 1. The van der Waals surface area contributed by atoms with Gasteiger partial charge in [0.25, 0.3) is 0 Å². The summed E-state index contributed by atoms with van der Waals surface area (Å²) in [6.45, 7) is 9.65. The quantitative estimate of drug-likeness (QED) is 0.186. The summed E-state index contributed by atoms with van der Waals surface area (Å²) in [6.07, 6.45) is 12.9. The first-order chi connectivity index (χ1) is 12.3. The summed E-state index contributed by atoms with van der Waals surface area (Å²) in [5.41, 5.74) is 0.670. The summed E-state index contributed by atoms with van der Waals surface area (Å²) in [6, 6.07) is 6.01. The molecule has 0 bridgehead atoms. The number of hydrogen-bond acceptors (Lipinski definition) is 2. The van der Waals surface area contributed by atoms with E-state index in [-0.39, 0.29) is 5.97 Å². The normalized spacial score (nSPS) is 11.6. The van der Waals surface area contributed by atoms with Crippen LogP contribution in [0, 0.1) is 0 Å². The number of carbonyl (C=O) groups excluding carboxylic acids is 1. The van der Waals surface area contributed by atoms with Gasteiger partial charge in [-0.25, -0.2) is 4.79 Å². The number of halogens is 1. The maximum atomic E-state index is 12.3. The fourth-order valence-electron chi connectivity index (χ4n) is 2.98. The third kappa shape index (κ3) is 9.91. The van der Waals surface area contributed by atoms with Crippen LogP contribution in [0.4, 0.5) is 0 Å². The van der Waals surface area contributed by atoms with E-state index >= 15 is 0 Å². The van der Waals surface area contributed by atoms with E-state index in [9.17, 15) is 4.79 Å². The van der Waals surface area contributed by atoms with E-state index in [0.717, 1.165) is 17.3 Å². The molecule has 0 aliphatic rings. The molecule has 4 heteroatoms. The molecule has 0 spiro atoms. The molecule has 0 aliphatic heterocycles. The first-order valence-electron chi connectivity index (χ1n) is 10.3. The SMILES string of the molecule is CCCCCCCCCCCCOC(=O)c1cc(Br)cc([Si](C)(C)C)c1. The zero-order valence-electron chi connectivity index (χ0n) is 17.2. The summed E-state index contributed by atoms with van der Waals surface area (Å²) < 4.78 is 6.44. The predicted molar refractivity (Wildman–Crippen MR) is 119 cm³/mol. The van der Waals surface area contributed by atoms with Gasteiger partial charge in [-0.1, -0.05) is 105 Å². The minimum absolute atomic E-state index is 0.193. The topological polar surface area (TPSA) is 26.3 Å². The van der Waals surface area contributed by atoms with E-state index in [0.29, 0.717) is 12.2 Å². The Bertz CT molecular complexity index is 537.